The summed E-state index contributed by atoms with van der Waals surface area (Å²) >= 11 is 0. The second-order valence-corrected chi connectivity index (χ2v) is 5.53. The topological polar surface area (TPSA) is 40.5 Å². The Hall–Kier alpha value is -1.35. The molecular formula is C16H23NO2. The van der Waals surface area contributed by atoms with Gasteiger partial charge in [0, 0.05) is 19.0 Å². The lowest BCUT2D eigenvalue weighted by Gasteiger charge is -2.29. The van der Waals surface area contributed by atoms with E-state index < -0.39 is 5.97 Å². The van der Waals surface area contributed by atoms with Crippen LogP contribution in [0.5, 0.6) is 0 Å². The monoisotopic (exact) mass is 261 g/mol. The van der Waals surface area contributed by atoms with Gasteiger partial charge in [0.15, 0.2) is 0 Å². The van der Waals surface area contributed by atoms with E-state index in [1.807, 2.05) is 6.07 Å². The van der Waals surface area contributed by atoms with Gasteiger partial charge in [0.2, 0.25) is 0 Å². The van der Waals surface area contributed by atoms with Gasteiger partial charge in [-0.15, -0.1) is 0 Å². The Labute approximate surface area is 115 Å². The zero-order valence-corrected chi connectivity index (χ0v) is 11.6. The van der Waals surface area contributed by atoms with Crippen LogP contribution in [0, 0.1) is 5.92 Å². The highest BCUT2D eigenvalue weighted by Gasteiger charge is 2.31. The minimum Gasteiger partial charge on any atom is -0.481 e. The van der Waals surface area contributed by atoms with Crippen LogP contribution < -0.4 is 0 Å². The molecule has 1 aromatic rings. The van der Waals surface area contributed by atoms with Gasteiger partial charge in [-0.25, -0.2) is 0 Å². The van der Waals surface area contributed by atoms with Gasteiger partial charge < -0.3 is 5.11 Å². The van der Waals surface area contributed by atoms with Crippen LogP contribution in [0.4, 0.5) is 0 Å². The maximum atomic E-state index is 10.6. The highest BCUT2D eigenvalue weighted by Crippen LogP contribution is 2.35. The van der Waals surface area contributed by atoms with Crippen molar-refractivity contribution in [2.75, 3.05) is 6.54 Å². The molecule has 1 atom stereocenters. The number of nitrogens with zero attached hydrogens (tertiary/aromatic N) is 1. The summed E-state index contributed by atoms with van der Waals surface area (Å²) in [4.78, 5) is 13.1. The molecule has 3 nitrogen and oxygen atoms in total. The molecule has 0 heterocycles. The predicted octanol–water partition coefficient (Wildman–Crippen LogP) is 3.15. The Kier molecular flexibility index (Phi) is 4.97. The van der Waals surface area contributed by atoms with E-state index in [0.717, 1.165) is 25.4 Å². The molecule has 19 heavy (non-hydrogen) atoms. The summed E-state index contributed by atoms with van der Waals surface area (Å²) in [6.45, 7) is 4.08. The van der Waals surface area contributed by atoms with E-state index in [1.54, 1.807) is 0 Å². The van der Waals surface area contributed by atoms with Crippen LogP contribution in [0.1, 0.15) is 38.2 Å². The third-order valence-electron chi connectivity index (χ3n) is 3.94. The van der Waals surface area contributed by atoms with Crippen LogP contribution in [0.2, 0.25) is 0 Å². The average Bonchev–Trinajstić information content (AvgIpc) is 3.22. The van der Waals surface area contributed by atoms with Crippen LogP contribution in [0.25, 0.3) is 0 Å². The fourth-order valence-electron chi connectivity index (χ4n) is 2.55. The van der Waals surface area contributed by atoms with Crippen LogP contribution in [0.3, 0.4) is 0 Å². The highest BCUT2D eigenvalue weighted by atomic mass is 16.4. The van der Waals surface area contributed by atoms with E-state index in [2.05, 4.69) is 36.1 Å². The Balaban J connectivity index is 1.91. The van der Waals surface area contributed by atoms with Gasteiger partial charge >= 0.3 is 5.97 Å². The van der Waals surface area contributed by atoms with Gasteiger partial charge in [0.25, 0.3) is 0 Å². The number of benzene rings is 1. The van der Waals surface area contributed by atoms with Crippen molar-refractivity contribution in [1.82, 2.24) is 4.90 Å². The molecule has 1 unspecified atom stereocenters. The highest BCUT2D eigenvalue weighted by molar-refractivity contribution is 5.66. The molecule has 1 aliphatic rings. The summed E-state index contributed by atoms with van der Waals surface area (Å²) < 4.78 is 0. The molecule has 0 radical (unpaired) electrons. The van der Waals surface area contributed by atoms with Crippen molar-refractivity contribution in [2.45, 2.75) is 45.2 Å². The summed E-state index contributed by atoms with van der Waals surface area (Å²) in [7, 11) is 0. The van der Waals surface area contributed by atoms with Crippen LogP contribution in [-0.4, -0.2) is 28.6 Å². The average molecular weight is 261 g/mol. The lowest BCUT2D eigenvalue weighted by atomic mass is 10.1. The number of hydrogen-bond acceptors (Lipinski definition) is 2. The van der Waals surface area contributed by atoms with E-state index in [4.69, 9.17) is 5.11 Å². The SMILES string of the molecule is CC(C1CC1)N(CCCC(=O)O)Cc1ccccc1. The lowest BCUT2D eigenvalue weighted by molar-refractivity contribution is -0.137. The number of carbonyl (C=O) groups is 1. The fraction of sp³-hybridized carbons (Fsp3) is 0.562. The van der Waals surface area contributed by atoms with E-state index in [1.165, 1.54) is 18.4 Å². The molecule has 104 valence electrons. The first-order chi connectivity index (χ1) is 9.16. The molecule has 2 rings (SSSR count). The van der Waals surface area contributed by atoms with E-state index in [9.17, 15) is 4.79 Å². The number of carboxylic acids is 1. The summed E-state index contributed by atoms with van der Waals surface area (Å²) in [5.74, 6) is 0.118. The predicted molar refractivity (Wildman–Crippen MR) is 75.9 cm³/mol. The van der Waals surface area contributed by atoms with Crippen molar-refractivity contribution < 1.29 is 9.90 Å². The second kappa shape index (κ2) is 6.71. The third-order valence-corrected chi connectivity index (χ3v) is 3.94. The van der Waals surface area contributed by atoms with E-state index in [-0.39, 0.29) is 6.42 Å². The number of carboxylic acid groups (broad SMARTS) is 1. The van der Waals surface area contributed by atoms with Crippen LogP contribution in [0.15, 0.2) is 30.3 Å². The molecule has 0 amide bonds. The third kappa shape index (κ3) is 4.67. The van der Waals surface area contributed by atoms with Gasteiger partial charge in [-0.05, 0) is 44.2 Å². The minimum atomic E-state index is -0.696. The first-order valence-corrected chi connectivity index (χ1v) is 7.16. The lowest BCUT2D eigenvalue weighted by Crippen LogP contribution is -2.35. The van der Waals surface area contributed by atoms with Crippen molar-refractivity contribution in [3.05, 3.63) is 35.9 Å². The normalized spacial score (nSPS) is 16.5. The smallest absolute Gasteiger partial charge is 0.303 e. The van der Waals surface area contributed by atoms with E-state index in [0.29, 0.717) is 6.04 Å². The van der Waals surface area contributed by atoms with Crippen molar-refractivity contribution in [2.24, 2.45) is 5.92 Å². The Bertz CT molecular complexity index is 400. The summed E-state index contributed by atoms with van der Waals surface area (Å²) in [6, 6.07) is 11.0. The number of hydrogen-bond donors (Lipinski definition) is 1. The quantitative estimate of drug-likeness (QED) is 0.781. The van der Waals surface area contributed by atoms with Crippen molar-refractivity contribution in [3.63, 3.8) is 0 Å². The standard InChI is InChI=1S/C16H23NO2/c1-13(15-9-10-15)17(11-5-8-16(18)19)12-14-6-3-2-4-7-14/h2-4,6-7,13,15H,5,8-12H2,1H3,(H,18,19). The first kappa shape index (κ1) is 14.1. The van der Waals surface area contributed by atoms with Crippen LogP contribution in [-0.2, 0) is 11.3 Å². The molecule has 0 spiro atoms. The molecule has 1 fully saturated rings. The summed E-state index contributed by atoms with van der Waals surface area (Å²) in [5, 5.41) is 8.76. The molecule has 0 aromatic heterocycles. The zero-order valence-electron chi connectivity index (χ0n) is 11.6. The Morgan fingerprint density at radius 1 is 1.37 bits per heavy atom. The Morgan fingerprint density at radius 2 is 2.05 bits per heavy atom. The van der Waals surface area contributed by atoms with Crippen molar-refractivity contribution in [1.29, 1.82) is 0 Å². The molecule has 3 heteroatoms. The summed E-state index contributed by atoms with van der Waals surface area (Å²) in [5.41, 5.74) is 1.31. The number of aliphatic carboxylic acids is 1. The molecule has 0 saturated heterocycles. The largest absolute Gasteiger partial charge is 0.481 e. The van der Waals surface area contributed by atoms with Gasteiger partial charge in [-0.1, -0.05) is 30.3 Å². The van der Waals surface area contributed by atoms with Gasteiger partial charge in [0.1, 0.15) is 0 Å². The molecule has 1 aliphatic carbocycles. The molecule has 0 aliphatic heterocycles. The van der Waals surface area contributed by atoms with Gasteiger partial charge in [-0.3, -0.25) is 9.69 Å². The molecule has 1 saturated carbocycles. The zero-order chi connectivity index (χ0) is 13.7. The maximum Gasteiger partial charge on any atom is 0.303 e. The van der Waals surface area contributed by atoms with E-state index >= 15 is 0 Å². The molecular weight excluding hydrogens is 238 g/mol. The first-order valence-electron chi connectivity index (χ1n) is 7.16. The van der Waals surface area contributed by atoms with Gasteiger partial charge in [0.05, 0.1) is 0 Å². The van der Waals surface area contributed by atoms with Crippen molar-refractivity contribution >= 4 is 5.97 Å². The van der Waals surface area contributed by atoms with Crippen LogP contribution >= 0.6 is 0 Å². The molecule has 0 bridgehead atoms. The van der Waals surface area contributed by atoms with Crippen molar-refractivity contribution in [3.8, 4) is 0 Å². The fourth-order valence-corrected chi connectivity index (χ4v) is 2.55. The minimum absolute atomic E-state index is 0.267. The second-order valence-electron chi connectivity index (χ2n) is 5.53. The molecule has 1 aromatic carbocycles. The molecule has 1 N–H and O–H groups in total. The summed E-state index contributed by atoms with van der Waals surface area (Å²) in [6.07, 6.45) is 3.65. The van der Waals surface area contributed by atoms with Gasteiger partial charge in [-0.2, -0.15) is 0 Å². The maximum absolute atomic E-state index is 10.6. The Morgan fingerprint density at radius 3 is 2.63 bits per heavy atom. The number of rotatable bonds is 8.